The van der Waals surface area contributed by atoms with Crippen molar-refractivity contribution in [1.29, 1.82) is 0 Å². The average Bonchev–Trinajstić information content (AvgIpc) is 3.34. The monoisotopic (exact) mass is 544 g/mol. The molecule has 0 spiro atoms. The van der Waals surface area contributed by atoms with E-state index in [1.807, 2.05) is 95.4 Å². The van der Waals surface area contributed by atoms with Crippen LogP contribution in [0.3, 0.4) is 0 Å². The quantitative estimate of drug-likeness (QED) is 0.259. The van der Waals surface area contributed by atoms with Crippen molar-refractivity contribution >= 4 is 22.8 Å². The summed E-state index contributed by atoms with van der Waals surface area (Å²) >= 11 is 0. The van der Waals surface area contributed by atoms with E-state index in [1.165, 1.54) is 0 Å². The molecule has 3 aromatic carbocycles. The molecule has 2 aromatic heterocycles. The van der Waals surface area contributed by atoms with Gasteiger partial charge in [-0.15, -0.1) is 0 Å². The van der Waals surface area contributed by atoms with Gasteiger partial charge in [0, 0.05) is 32.6 Å². The van der Waals surface area contributed by atoms with Crippen molar-refractivity contribution in [1.82, 2.24) is 24.6 Å². The van der Waals surface area contributed by atoms with Crippen LogP contribution in [0.2, 0.25) is 0 Å². The number of carbonyl (C=O) groups excluding carboxylic acids is 1. The van der Waals surface area contributed by atoms with Crippen LogP contribution < -0.4 is 4.90 Å². The first-order valence-corrected chi connectivity index (χ1v) is 14.4. The Morgan fingerprint density at radius 2 is 1.34 bits per heavy atom. The number of anilines is 1. The molecule has 0 atom stereocenters. The minimum absolute atomic E-state index is 0.142. The lowest BCUT2D eigenvalue weighted by molar-refractivity contribution is -0.132. The van der Waals surface area contributed by atoms with Crippen LogP contribution in [-0.4, -0.2) is 56.7 Å². The molecule has 7 heteroatoms. The summed E-state index contributed by atoms with van der Waals surface area (Å²) in [7, 11) is 0. The van der Waals surface area contributed by atoms with Crippen molar-refractivity contribution in [3.63, 3.8) is 0 Å². The van der Waals surface area contributed by atoms with E-state index in [2.05, 4.69) is 30.9 Å². The highest BCUT2D eigenvalue weighted by Gasteiger charge is 2.31. The topological polar surface area (TPSA) is 67.2 Å². The summed E-state index contributed by atoms with van der Waals surface area (Å²) in [6.45, 7) is 9.07. The third kappa shape index (κ3) is 5.44. The molecule has 0 N–H and O–H groups in total. The molecule has 1 aliphatic rings. The van der Waals surface area contributed by atoms with Gasteiger partial charge in [-0.05, 0) is 36.1 Å². The van der Waals surface area contributed by atoms with Crippen molar-refractivity contribution < 1.29 is 4.79 Å². The molecule has 7 nitrogen and oxygen atoms in total. The predicted molar refractivity (Wildman–Crippen MR) is 163 cm³/mol. The van der Waals surface area contributed by atoms with Gasteiger partial charge in [-0.25, -0.2) is 14.6 Å². The van der Waals surface area contributed by atoms with Crippen LogP contribution in [0.25, 0.3) is 16.7 Å². The Kier molecular flexibility index (Phi) is 7.51. The first-order chi connectivity index (χ1) is 20.0. The lowest BCUT2D eigenvalue weighted by Crippen LogP contribution is -2.50. The van der Waals surface area contributed by atoms with Crippen molar-refractivity contribution in [3.8, 4) is 5.69 Å². The number of fused-ring (bicyclic) bond motifs is 1. The summed E-state index contributed by atoms with van der Waals surface area (Å²) in [5, 5.41) is 5.87. The summed E-state index contributed by atoms with van der Waals surface area (Å²) in [4.78, 5) is 28.4. The second-order valence-corrected chi connectivity index (χ2v) is 11.2. The molecule has 5 aromatic rings. The molecule has 1 saturated heterocycles. The molecule has 0 unspecified atom stereocenters. The fourth-order valence-corrected chi connectivity index (χ4v) is 5.73. The number of aryl methyl sites for hydroxylation is 1. The van der Waals surface area contributed by atoms with Gasteiger partial charge in [0.25, 0.3) is 0 Å². The number of amides is 1. The third-order valence-corrected chi connectivity index (χ3v) is 7.72. The maximum atomic E-state index is 14.0. The summed E-state index contributed by atoms with van der Waals surface area (Å²) in [5.74, 6) is 1.99. The Labute approximate surface area is 241 Å². The first kappa shape index (κ1) is 26.7. The van der Waals surface area contributed by atoms with Crippen LogP contribution in [0, 0.1) is 12.8 Å². The summed E-state index contributed by atoms with van der Waals surface area (Å²) in [6.07, 6.45) is 0.788. The first-order valence-electron chi connectivity index (χ1n) is 14.4. The normalized spacial score (nSPS) is 13.9. The van der Waals surface area contributed by atoms with Gasteiger partial charge < -0.3 is 9.80 Å². The number of carbonyl (C=O) groups is 1. The molecule has 208 valence electrons. The Bertz CT molecular complexity index is 1580. The fourth-order valence-electron chi connectivity index (χ4n) is 5.73. The van der Waals surface area contributed by atoms with Crippen LogP contribution >= 0.6 is 0 Å². The Morgan fingerprint density at radius 1 is 0.780 bits per heavy atom. The van der Waals surface area contributed by atoms with E-state index in [9.17, 15) is 4.79 Å². The largest absolute Gasteiger partial charge is 0.352 e. The van der Waals surface area contributed by atoms with Gasteiger partial charge in [0.05, 0.1) is 22.7 Å². The van der Waals surface area contributed by atoms with Crippen LogP contribution in [0.5, 0.6) is 0 Å². The summed E-state index contributed by atoms with van der Waals surface area (Å²) in [5.41, 5.74) is 4.76. The van der Waals surface area contributed by atoms with E-state index in [4.69, 9.17) is 15.1 Å². The molecule has 0 bridgehead atoms. The standard InChI is InChI=1S/C34H36N6O/c1-24(2)23-29-35-32(30-25(3)37-40(33(30)36-29)28-17-11-6-12-18-28)38-19-21-39(22-20-38)34(41)31(26-13-7-4-8-14-26)27-15-9-5-10-16-27/h4-18,24,31H,19-23H2,1-3H3. The van der Waals surface area contributed by atoms with Crippen molar-refractivity contribution in [2.75, 3.05) is 31.1 Å². The Balaban J connectivity index is 1.31. The highest BCUT2D eigenvalue weighted by atomic mass is 16.2. The molecule has 0 aliphatic carbocycles. The van der Waals surface area contributed by atoms with Crippen LogP contribution in [0.4, 0.5) is 5.82 Å². The minimum Gasteiger partial charge on any atom is -0.352 e. The zero-order valence-electron chi connectivity index (χ0n) is 23.9. The van der Waals surface area contributed by atoms with E-state index in [-0.39, 0.29) is 11.8 Å². The molecule has 1 fully saturated rings. The molecule has 1 aliphatic heterocycles. The van der Waals surface area contributed by atoms with Gasteiger partial charge in [0.1, 0.15) is 11.6 Å². The number of hydrogen-bond acceptors (Lipinski definition) is 5. The zero-order valence-corrected chi connectivity index (χ0v) is 23.9. The van der Waals surface area contributed by atoms with E-state index in [0.29, 0.717) is 32.1 Å². The molecule has 0 saturated carbocycles. The SMILES string of the molecule is Cc1nn(-c2ccccc2)c2nc(CC(C)C)nc(N3CCN(C(=O)C(c4ccccc4)c4ccccc4)CC3)c12. The van der Waals surface area contributed by atoms with Gasteiger partial charge >= 0.3 is 0 Å². The number of para-hydroxylation sites is 1. The second-order valence-electron chi connectivity index (χ2n) is 11.2. The number of hydrogen-bond donors (Lipinski definition) is 0. The van der Waals surface area contributed by atoms with Crippen molar-refractivity contribution in [2.24, 2.45) is 5.92 Å². The molecule has 1 amide bonds. The predicted octanol–water partition coefficient (Wildman–Crippen LogP) is 5.80. The van der Waals surface area contributed by atoms with Gasteiger partial charge in [0.15, 0.2) is 5.65 Å². The smallest absolute Gasteiger partial charge is 0.234 e. The molecule has 41 heavy (non-hydrogen) atoms. The molecular weight excluding hydrogens is 508 g/mol. The van der Waals surface area contributed by atoms with E-state index < -0.39 is 0 Å². The number of aromatic nitrogens is 4. The highest BCUT2D eigenvalue weighted by molar-refractivity contribution is 5.91. The van der Waals surface area contributed by atoms with Gasteiger partial charge in [-0.1, -0.05) is 92.7 Å². The molecule has 0 radical (unpaired) electrons. The number of benzene rings is 3. The van der Waals surface area contributed by atoms with E-state index >= 15 is 0 Å². The van der Waals surface area contributed by atoms with Gasteiger partial charge in [0.2, 0.25) is 5.91 Å². The Morgan fingerprint density at radius 3 is 1.90 bits per heavy atom. The number of piperazine rings is 1. The summed E-state index contributed by atoms with van der Waals surface area (Å²) in [6, 6.07) is 30.3. The van der Waals surface area contributed by atoms with Gasteiger partial charge in [-0.2, -0.15) is 5.10 Å². The second kappa shape index (κ2) is 11.5. The number of nitrogens with zero attached hydrogens (tertiary/aromatic N) is 6. The third-order valence-electron chi connectivity index (χ3n) is 7.72. The zero-order chi connectivity index (χ0) is 28.3. The Hall–Kier alpha value is -4.52. The van der Waals surface area contributed by atoms with E-state index in [1.54, 1.807) is 0 Å². The maximum absolute atomic E-state index is 14.0. The minimum atomic E-state index is -0.321. The lowest BCUT2D eigenvalue weighted by atomic mass is 9.90. The fraction of sp³-hybridized carbons (Fsp3) is 0.294. The van der Waals surface area contributed by atoms with Crippen LogP contribution in [-0.2, 0) is 11.2 Å². The lowest BCUT2D eigenvalue weighted by Gasteiger charge is -2.37. The van der Waals surface area contributed by atoms with Crippen LogP contribution in [0.1, 0.15) is 42.4 Å². The molecule has 6 rings (SSSR count). The maximum Gasteiger partial charge on any atom is 0.234 e. The number of rotatable bonds is 7. The molecule has 3 heterocycles. The van der Waals surface area contributed by atoms with E-state index in [0.717, 1.165) is 51.6 Å². The summed E-state index contributed by atoms with van der Waals surface area (Å²) < 4.78 is 1.93. The highest BCUT2D eigenvalue weighted by Crippen LogP contribution is 2.32. The average molecular weight is 545 g/mol. The van der Waals surface area contributed by atoms with Crippen LogP contribution in [0.15, 0.2) is 91.0 Å². The van der Waals surface area contributed by atoms with Gasteiger partial charge in [-0.3, -0.25) is 4.79 Å². The molecular formula is C34H36N6O. The van der Waals surface area contributed by atoms with Crippen molar-refractivity contribution in [3.05, 3.63) is 114 Å². The van der Waals surface area contributed by atoms with Crippen molar-refractivity contribution in [2.45, 2.75) is 33.1 Å².